The number of carbonyl (C=O) groups excluding carboxylic acids is 2. The van der Waals surface area contributed by atoms with Crippen molar-refractivity contribution in [2.45, 2.75) is 258 Å². The summed E-state index contributed by atoms with van der Waals surface area (Å²) >= 11 is 0. The van der Waals surface area contributed by atoms with Crippen LogP contribution in [-0.2, 0) is 14.3 Å². The Balaban J connectivity index is 0.000000639. The normalized spacial score (nSPS) is 18.7. The Hall–Kier alpha value is -0.860. The fraction of sp³-hybridized carbons (Fsp3) is 0.933. The summed E-state index contributed by atoms with van der Waals surface area (Å²) in [6.45, 7) is 6.67. The lowest BCUT2D eigenvalue weighted by atomic mass is 9.87. The molecule has 285 valence electrons. The molecule has 3 aliphatic carbocycles. The molecule has 0 bridgehead atoms. The summed E-state index contributed by atoms with van der Waals surface area (Å²) in [7, 11) is 0. The summed E-state index contributed by atoms with van der Waals surface area (Å²) in [5, 5.41) is 0. The number of rotatable bonds is 14. The van der Waals surface area contributed by atoms with Crippen LogP contribution in [-0.4, -0.2) is 18.4 Å². The molecule has 3 nitrogen and oxygen atoms in total. The summed E-state index contributed by atoms with van der Waals surface area (Å²) in [5.41, 5.74) is 0. The van der Waals surface area contributed by atoms with Crippen molar-refractivity contribution in [3.63, 3.8) is 0 Å². The molecule has 3 heteroatoms. The van der Waals surface area contributed by atoms with Gasteiger partial charge in [-0.2, -0.15) is 0 Å². The molecule has 3 rings (SSSR count). The van der Waals surface area contributed by atoms with Crippen LogP contribution in [0.15, 0.2) is 0 Å². The van der Waals surface area contributed by atoms with Gasteiger partial charge in [-0.05, 0) is 31.6 Å². The van der Waals surface area contributed by atoms with Gasteiger partial charge in [0.15, 0.2) is 0 Å². The topological polar surface area (TPSA) is 43.4 Å². The van der Waals surface area contributed by atoms with Crippen molar-refractivity contribution in [1.29, 1.82) is 0 Å². The van der Waals surface area contributed by atoms with Gasteiger partial charge in [0.2, 0.25) is 0 Å². The first-order chi connectivity index (χ1) is 23.6. The van der Waals surface area contributed by atoms with Crippen LogP contribution in [0.2, 0.25) is 0 Å². The highest BCUT2D eigenvalue weighted by Gasteiger charge is 2.13. The van der Waals surface area contributed by atoms with Crippen LogP contribution >= 0.6 is 0 Å². The van der Waals surface area contributed by atoms with Crippen molar-refractivity contribution in [2.24, 2.45) is 5.92 Å². The second-order valence-corrected chi connectivity index (χ2v) is 15.4. The van der Waals surface area contributed by atoms with E-state index in [1.165, 1.54) is 212 Å². The maximum Gasteiger partial charge on any atom is 0.302 e. The number of unbranched alkanes of at least 4 members (excludes halogenated alkanes) is 11. The first kappa shape index (κ1) is 47.1. The molecule has 0 saturated heterocycles. The number of ketones is 1. The molecule has 0 aromatic carbocycles. The van der Waals surface area contributed by atoms with E-state index in [1.807, 2.05) is 0 Å². The molecule has 0 aliphatic heterocycles. The van der Waals surface area contributed by atoms with E-state index < -0.39 is 0 Å². The average molecular weight is 676 g/mol. The minimum absolute atomic E-state index is 0.147. The van der Waals surface area contributed by atoms with E-state index in [-0.39, 0.29) is 5.97 Å². The highest BCUT2D eigenvalue weighted by atomic mass is 16.5. The maximum atomic E-state index is 11.5. The highest BCUT2D eigenvalue weighted by molar-refractivity contribution is 5.78. The predicted octanol–water partition coefficient (Wildman–Crippen LogP) is 15.4. The largest absolute Gasteiger partial charge is 0.466 e. The van der Waals surface area contributed by atoms with E-state index in [0.29, 0.717) is 12.4 Å². The molecule has 1 radical (unpaired) electrons. The van der Waals surface area contributed by atoms with Crippen LogP contribution in [0.5, 0.6) is 0 Å². The second kappa shape index (κ2) is 40.6. The Morgan fingerprint density at radius 3 is 1.23 bits per heavy atom. The quantitative estimate of drug-likeness (QED) is 0.136. The van der Waals surface area contributed by atoms with Gasteiger partial charge in [0.25, 0.3) is 0 Å². The van der Waals surface area contributed by atoms with Gasteiger partial charge in [-0.3, -0.25) is 9.59 Å². The van der Waals surface area contributed by atoms with Crippen molar-refractivity contribution in [3.05, 3.63) is 6.42 Å². The zero-order valence-electron chi connectivity index (χ0n) is 33.2. The fourth-order valence-electron chi connectivity index (χ4n) is 7.19. The molecule has 0 atom stereocenters. The SMILES string of the molecule is CC(=O)OCCC1CCCCC1.CCCCCCCCCCCCCC.O=C1CCCCCCCCCCCCCC1.[CH]1CCCCC1. The summed E-state index contributed by atoms with van der Waals surface area (Å²) in [5.74, 6) is 1.18. The van der Waals surface area contributed by atoms with Crippen LogP contribution in [0, 0.1) is 12.3 Å². The third-order valence-corrected chi connectivity index (χ3v) is 10.5. The smallest absolute Gasteiger partial charge is 0.302 e. The van der Waals surface area contributed by atoms with Gasteiger partial charge in [-0.25, -0.2) is 0 Å². The Bertz CT molecular complexity index is 593. The highest BCUT2D eigenvalue weighted by Crippen LogP contribution is 2.26. The van der Waals surface area contributed by atoms with E-state index in [0.717, 1.165) is 38.0 Å². The van der Waals surface area contributed by atoms with E-state index in [1.54, 1.807) is 0 Å². The van der Waals surface area contributed by atoms with Gasteiger partial charge in [0, 0.05) is 19.8 Å². The van der Waals surface area contributed by atoms with E-state index in [4.69, 9.17) is 4.74 Å². The molecule has 0 aromatic heterocycles. The van der Waals surface area contributed by atoms with Gasteiger partial charge in [0.1, 0.15) is 5.78 Å². The first-order valence-corrected chi connectivity index (χ1v) is 22.1. The third-order valence-electron chi connectivity index (χ3n) is 10.5. The molecule has 48 heavy (non-hydrogen) atoms. The minimum atomic E-state index is -0.147. The van der Waals surface area contributed by atoms with E-state index in [2.05, 4.69) is 20.3 Å². The number of hydrogen-bond acceptors (Lipinski definition) is 3. The molecule has 0 unspecified atom stereocenters. The molecule has 0 amide bonds. The van der Waals surface area contributed by atoms with Crippen LogP contribution in [0.25, 0.3) is 0 Å². The monoisotopic (exact) mass is 676 g/mol. The third kappa shape index (κ3) is 39.6. The van der Waals surface area contributed by atoms with Gasteiger partial charge in [0.05, 0.1) is 6.61 Å². The Morgan fingerprint density at radius 2 is 0.896 bits per heavy atom. The van der Waals surface area contributed by atoms with Crippen LogP contribution in [0.3, 0.4) is 0 Å². The summed E-state index contributed by atoms with van der Waals surface area (Å²) in [6.07, 6.45) is 52.4. The van der Waals surface area contributed by atoms with Crippen molar-refractivity contribution in [1.82, 2.24) is 0 Å². The Morgan fingerprint density at radius 1 is 0.542 bits per heavy atom. The standard InChI is InChI=1S/C15H28O.C14H30.C10H18O2.C6H11/c16-15-13-11-9-7-5-3-1-2-4-6-8-10-12-14-15;1-3-5-7-9-11-13-14-12-10-8-6-4-2;1-9(11)12-8-7-10-5-3-2-4-6-10;1-2-4-6-5-3-1/h1-14H2;3-14H2,1-2H3;10H,2-8H2,1H3;1H,2-6H2. The van der Waals surface area contributed by atoms with Crippen LogP contribution in [0.1, 0.15) is 258 Å². The molecule has 3 saturated carbocycles. The number of esters is 1. The number of carbonyl (C=O) groups is 2. The van der Waals surface area contributed by atoms with Gasteiger partial charge >= 0.3 is 5.97 Å². The van der Waals surface area contributed by atoms with Crippen molar-refractivity contribution < 1.29 is 14.3 Å². The van der Waals surface area contributed by atoms with Crippen LogP contribution < -0.4 is 0 Å². The number of hydrogen-bond donors (Lipinski definition) is 0. The minimum Gasteiger partial charge on any atom is -0.466 e. The molecule has 3 fully saturated rings. The lowest BCUT2D eigenvalue weighted by Gasteiger charge is -2.20. The van der Waals surface area contributed by atoms with Crippen molar-refractivity contribution >= 4 is 11.8 Å². The van der Waals surface area contributed by atoms with E-state index in [9.17, 15) is 9.59 Å². The van der Waals surface area contributed by atoms with Gasteiger partial charge in [-0.1, -0.05) is 219 Å². The summed E-state index contributed by atoms with van der Waals surface area (Å²) in [4.78, 5) is 22.0. The van der Waals surface area contributed by atoms with Gasteiger partial charge in [-0.15, -0.1) is 0 Å². The van der Waals surface area contributed by atoms with Crippen LogP contribution in [0.4, 0.5) is 0 Å². The van der Waals surface area contributed by atoms with Gasteiger partial charge < -0.3 is 4.74 Å². The Kier molecular flexibility index (Phi) is 39.8. The maximum absolute atomic E-state index is 11.5. The molecule has 3 aliphatic rings. The predicted molar refractivity (Wildman–Crippen MR) is 212 cm³/mol. The van der Waals surface area contributed by atoms with Crippen molar-refractivity contribution in [3.8, 4) is 0 Å². The molecule has 0 N–H and O–H groups in total. The summed E-state index contributed by atoms with van der Waals surface area (Å²) in [6, 6.07) is 0. The molecular weight excluding hydrogens is 588 g/mol. The number of ether oxygens (including phenoxy) is 1. The first-order valence-electron chi connectivity index (χ1n) is 22.1. The number of Topliss-reactive ketones (excluding diaryl/α,β-unsaturated/α-hetero) is 1. The zero-order chi connectivity index (χ0) is 35.0. The molecule has 0 spiro atoms. The molecular formula is C45H87O3. The molecule has 0 heterocycles. The zero-order valence-corrected chi connectivity index (χ0v) is 33.2. The lowest BCUT2D eigenvalue weighted by molar-refractivity contribution is -0.141. The fourth-order valence-corrected chi connectivity index (χ4v) is 7.19. The van der Waals surface area contributed by atoms with E-state index >= 15 is 0 Å². The molecule has 0 aromatic rings. The summed E-state index contributed by atoms with van der Waals surface area (Å²) < 4.78 is 4.91. The van der Waals surface area contributed by atoms with Crippen molar-refractivity contribution in [2.75, 3.05) is 6.61 Å². The lowest BCUT2D eigenvalue weighted by Crippen LogP contribution is -2.10. The Labute approximate surface area is 302 Å². The second-order valence-electron chi connectivity index (χ2n) is 15.4. The average Bonchev–Trinajstić information content (AvgIpc) is 3.12.